The standard InChI is InChI=1S/C13H16F2N2OS.ClH/c1-17(10-6-7-16-8-10)12(18)9-2-4-11(5-3-9)19-13(14)15;/h2-5,10,13,16H,6-8H2,1H3;1H. The number of halogens is 3. The topological polar surface area (TPSA) is 32.3 Å². The first kappa shape index (κ1) is 17.2. The number of hydrogen-bond acceptors (Lipinski definition) is 3. The molecule has 3 nitrogen and oxygen atoms in total. The molecule has 1 N–H and O–H groups in total. The summed E-state index contributed by atoms with van der Waals surface area (Å²) in [5.41, 5.74) is 0.535. The van der Waals surface area contributed by atoms with Crippen molar-refractivity contribution in [1.82, 2.24) is 10.2 Å². The maximum Gasteiger partial charge on any atom is 0.288 e. The molecule has 0 spiro atoms. The summed E-state index contributed by atoms with van der Waals surface area (Å²) in [4.78, 5) is 14.4. The van der Waals surface area contributed by atoms with Gasteiger partial charge in [-0.1, -0.05) is 11.8 Å². The van der Waals surface area contributed by atoms with Gasteiger partial charge < -0.3 is 10.2 Å². The number of likely N-dealkylation sites (N-methyl/N-ethyl adjacent to an activating group) is 1. The van der Waals surface area contributed by atoms with E-state index in [1.165, 1.54) is 0 Å². The lowest BCUT2D eigenvalue weighted by Crippen LogP contribution is -2.38. The number of thioether (sulfide) groups is 1. The predicted octanol–water partition coefficient (Wildman–Crippen LogP) is 2.86. The highest BCUT2D eigenvalue weighted by Gasteiger charge is 2.23. The van der Waals surface area contributed by atoms with Gasteiger partial charge in [-0.3, -0.25) is 4.79 Å². The lowest BCUT2D eigenvalue weighted by Gasteiger charge is -2.23. The van der Waals surface area contributed by atoms with Crippen LogP contribution in [0.1, 0.15) is 16.8 Å². The number of alkyl halides is 2. The van der Waals surface area contributed by atoms with Gasteiger partial charge in [0.1, 0.15) is 0 Å². The summed E-state index contributed by atoms with van der Waals surface area (Å²) < 4.78 is 24.4. The second kappa shape index (κ2) is 7.81. The van der Waals surface area contributed by atoms with Crippen LogP contribution in [0.2, 0.25) is 0 Å². The third-order valence-corrected chi connectivity index (χ3v) is 3.95. The molecule has 1 heterocycles. The number of nitrogens with zero attached hydrogens (tertiary/aromatic N) is 1. The first-order chi connectivity index (χ1) is 9.08. The van der Waals surface area contributed by atoms with Crippen molar-refractivity contribution in [2.75, 3.05) is 20.1 Å². The van der Waals surface area contributed by atoms with Crippen LogP contribution in [0, 0.1) is 0 Å². The molecule has 1 aliphatic heterocycles. The Bertz CT molecular complexity index is 439. The van der Waals surface area contributed by atoms with Crippen LogP contribution in [0.5, 0.6) is 0 Å². The first-order valence-electron chi connectivity index (χ1n) is 6.10. The highest BCUT2D eigenvalue weighted by molar-refractivity contribution is 7.99. The van der Waals surface area contributed by atoms with Crippen LogP contribution >= 0.6 is 24.2 Å². The van der Waals surface area contributed by atoms with Crippen LogP contribution < -0.4 is 5.32 Å². The average Bonchev–Trinajstić information content (AvgIpc) is 2.91. The predicted molar refractivity (Wildman–Crippen MR) is 78.9 cm³/mol. The van der Waals surface area contributed by atoms with Crippen LogP contribution in [-0.2, 0) is 0 Å². The quantitative estimate of drug-likeness (QED) is 0.865. The summed E-state index contributed by atoms with van der Waals surface area (Å²) in [5, 5.41) is 3.21. The van der Waals surface area contributed by atoms with E-state index in [9.17, 15) is 13.6 Å². The Kier molecular flexibility index (Phi) is 6.71. The molecule has 2 rings (SSSR count). The molecule has 1 fully saturated rings. The Hall–Kier alpha value is -0.850. The lowest BCUT2D eigenvalue weighted by molar-refractivity contribution is 0.0743. The SMILES string of the molecule is CN(C(=O)c1ccc(SC(F)F)cc1)C1CCNC1.Cl. The minimum Gasteiger partial charge on any atom is -0.337 e. The normalized spacial score (nSPS) is 17.9. The van der Waals surface area contributed by atoms with E-state index in [1.807, 2.05) is 0 Å². The van der Waals surface area contributed by atoms with Crippen molar-refractivity contribution < 1.29 is 13.6 Å². The number of hydrogen-bond donors (Lipinski definition) is 1. The fraction of sp³-hybridized carbons (Fsp3) is 0.462. The van der Waals surface area contributed by atoms with E-state index >= 15 is 0 Å². The molecule has 112 valence electrons. The smallest absolute Gasteiger partial charge is 0.288 e. The van der Waals surface area contributed by atoms with E-state index in [2.05, 4.69) is 5.32 Å². The Labute approximate surface area is 127 Å². The zero-order chi connectivity index (χ0) is 13.8. The molecule has 20 heavy (non-hydrogen) atoms. The summed E-state index contributed by atoms with van der Waals surface area (Å²) in [6.45, 7) is 1.73. The molecule has 1 aliphatic rings. The zero-order valence-electron chi connectivity index (χ0n) is 11.0. The fourth-order valence-electron chi connectivity index (χ4n) is 2.12. The summed E-state index contributed by atoms with van der Waals surface area (Å²) >= 11 is 0.484. The van der Waals surface area contributed by atoms with Crippen molar-refractivity contribution in [2.45, 2.75) is 23.1 Å². The van der Waals surface area contributed by atoms with Gasteiger partial charge in [0.2, 0.25) is 0 Å². The van der Waals surface area contributed by atoms with Gasteiger partial charge in [-0.25, -0.2) is 0 Å². The first-order valence-corrected chi connectivity index (χ1v) is 6.98. The molecule has 1 atom stereocenters. The molecule has 1 amide bonds. The van der Waals surface area contributed by atoms with Crippen molar-refractivity contribution in [3.05, 3.63) is 29.8 Å². The van der Waals surface area contributed by atoms with Crippen LogP contribution in [0.25, 0.3) is 0 Å². The molecule has 0 aliphatic carbocycles. The van der Waals surface area contributed by atoms with Crippen LogP contribution in [-0.4, -0.2) is 42.7 Å². The third-order valence-electron chi connectivity index (χ3n) is 3.23. The molecule has 1 saturated heterocycles. The molecule has 1 unspecified atom stereocenters. The Morgan fingerprint density at radius 2 is 2.05 bits per heavy atom. The van der Waals surface area contributed by atoms with Crippen LogP contribution in [0.4, 0.5) is 8.78 Å². The molecule has 1 aromatic carbocycles. The average molecular weight is 323 g/mol. The van der Waals surface area contributed by atoms with Gasteiger partial charge in [0.25, 0.3) is 11.7 Å². The van der Waals surface area contributed by atoms with Crippen molar-refractivity contribution in [3.8, 4) is 0 Å². The Morgan fingerprint density at radius 1 is 1.40 bits per heavy atom. The molecule has 0 saturated carbocycles. The Morgan fingerprint density at radius 3 is 2.55 bits per heavy atom. The number of amides is 1. The summed E-state index contributed by atoms with van der Waals surface area (Å²) in [6.07, 6.45) is 0.946. The molecule has 1 aromatic rings. The van der Waals surface area contributed by atoms with Gasteiger partial charge in [0.05, 0.1) is 0 Å². The van der Waals surface area contributed by atoms with E-state index in [0.717, 1.165) is 19.5 Å². The van der Waals surface area contributed by atoms with E-state index in [4.69, 9.17) is 0 Å². The van der Waals surface area contributed by atoms with Crippen LogP contribution in [0.15, 0.2) is 29.2 Å². The van der Waals surface area contributed by atoms with Crippen molar-refractivity contribution >= 4 is 30.1 Å². The molecular formula is C13H17ClF2N2OS. The van der Waals surface area contributed by atoms with Crippen molar-refractivity contribution in [2.24, 2.45) is 0 Å². The van der Waals surface area contributed by atoms with E-state index in [-0.39, 0.29) is 24.4 Å². The van der Waals surface area contributed by atoms with Gasteiger partial charge in [0.15, 0.2) is 0 Å². The van der Waals surface area contributed by atoms with E-state index in [0.29, 0.717) is 22.2 Å². The van der Waals surface area contributed by atoms with Crippen molar-refractivity contribution in [3.63, 3.8) is 0 Å². The number of carbonyl (C=O) groups is 1. The van der Waals surface area contributed by atoms with Gasteiger partial charge in [-0.2, -0.15) is 8.78 Å². The number of rotatable bonds is 4. The van der Waals surface area contributed by atoms with Crippen LogP contribution in [0.3, 0.4) is 0 Å². The minimum absolute atomic E-state index is 0. The zero-order valence-corrected chi connectivity index (χ0v) is 12.6. The molecule has 7 heteroatoms. The van der Waals surface area contributed by atoms with Crippen molar-refractivity contribution in [1.29, 1.82) is 0 Å². The van der Waals surface area contributed by atoms with E-state index < -0.39 is 5.76 Å². The fourth-order valence-corrected chi connectivity index (χ4v) is 2.62. The molecule has 0 aromatic heterocycles. The van der Waals surface area contributed by atoms with Gasteiger partial charge in [-0.15, -0.1) is 12.4 Å². The minimum atomic E-state index is -2.44. The largest absolute Gasteiger partial charge is 0.337 e. The lowest BCUT2D eigenvalue weighted by atomic mass is 10.1. The highest BCUT2D eigenvalue weighted by atomic mass is 35.5. The number of benzene rings is 1. The molecule has 0 bridgehead atoms. The number of carbonyl (C=O) groups excluding carboxylic acids is 1. The summed E-state index contributed by atoms with van der Waals surface area (Å²) in [5.74, 6) is -2.50. The third kappa shape index (κ3) is 4.33. The Balaban J connectivity index is 0.00000200. The maximum atomic E-state index is 12.2. The monoisotopic (exact) mass is 322 g/mol. The maximum absolute atomic E-state index is 12.2. The highest BCUT2D eigenvalue weighted by Crippen LogP contribution is 2.25. The van der Waals surface area contributed by atoms with Gasteiger partial charge in [-0.05, 0) is 37.2 Å². The second-order valence-electron chi connectivity index (χ2n) is 4.47. The second-order valence-corrected chi connectivity index (χ2v) is 5.53. The van der Waals surface area contributed by atoms with Gasteiger partial charge >= 0.3 is 0 Å². The molecular weight excluding hydrogens is 306 g/mol. The number of nitrogens with one attached hydrogen (secondary N) is 1. The molecule has 0 radical (unpaired) electrons. The van der Waals surface area contributed by atoms with E-state index in [1.54, 1.807) is 36.2 Å². The summed E-state index contributed by atoms with van der Waals surface area (Å²) in [7, 11) is 1.78. The van der Waals surface area contributed by atoms with Gasteiger partial charge in [0, 0.05) is 30.1 Å². The summed E-state index contributed by atoms with van der Waals surface area (Å²) in [6, 6.07) is 6.54.